The summed E-state index contributed by atoms with van der Waals surface area (Å²) in [5.74, 6) is -0.929. The molecular formula is C21H23N3O4S. The van der Waals surface area contributed by atoms with E-state index in [4.69, 9.17) is 4.74 Å². The minimum atomic E-state index is -0.730. The second-order valence-corrected chi connectivity index (χ2v) is 8.06. The molecule has 0 aliphatic heterocycles. The largest absolute Gasteiger partial charge is 0.451 e. The van der Waals surface area contributed by atoms with Gasteiger partial charge in [0, 0.05) is 23.4 Å². The number of nitrogens with one attached hydrogen (secondary N) is 1. The molecule has 0 atom stereocenters. The van der Waals surface area contributed by atoms with E-state index in [1.807, 2.05) is 31.4 Å². The first kappa shape index (κ1) is 20.7. The van der Waals surface area contributed by atoms with Crippen LogP contribution in [0.25, 0.3) is 10.8 Å². The molecule has 0 saturated heterocycles. The number of benzene rings is 1. The second-order valence-electron chi connectivity index (χ2n) is 7.03. The molecule has 2 heterocycles. The number of fused-ring (bicyclic) bond motifs is 1. The van der Waals surface area contributed by atoms with E-state index < -0.39 is 12.6 Å². The molecule has 1 amide bonds. The van der Waals surface area contributed by atoms with Crippen molar-refractivity contribution in [2.75, 3.05) is 13.2 Å². The highest BCUT2D eigenvalue weighted by molar-refractivity contribution is 7.09. The van der Waals surface area contributed by atoms with Gasteiger partial charge in [-0.15, -0.1) is 11.3 Å². The van der Waals surface area contributed by atoms with Crippen molar-refractivity contribution in [3.63, 3.8) is 0 Å². The number of carbonyl (C=O) groups is 2. The van der Waals surface area contributed by atoms with Crippen molar-refractivity contribution in [2.45, 2.75) is 26.8 Å². The van der Waals surface area contributed by atoms with Crippen molar-refractivity contribution in [2.24, 2.45) is 5.92 Å². The lowest BCUT2D eigenvalue weighted by Crippen LogP contribution is -2.31. The molecule has 0 aliphatic carbocycles. The number of esters is 1. The van der Waals surface area contributed by atoms with Gasteiger partial charge in [0.2, 0.25) is 0 Å². The molecule has 8 heteroatoms. The molecule has 0 fully saturated rings. The van der Waals surface area contributed by atoms with Gasteiger partial charge in [-0.05, 0) is 29.9 Å². The Balaban J connectivity index is 1.68. The number of nitrogens with zero attached hydrogens (tertiary/aromatic N) is 2. The van der Waals surface area contributed by atoms with E-state index >= 15 is 0 Å². The minimum Gasteiger partial charge on any atom is -0.451 e. The quantitative estimate of drug-likeness (QED) is 0.574. The highest BCUT2D eigenvalue weighted by atomic mass is 32.1. The molecule has 3 rings (SSSR count). The maximum atomic E-state index is 12.6. The van der Waals surface area contributed by atoms with Crippen LogP contribution < -0.4 is 10.9 Å². The van der Waals surface area contributed by atoms with Gasteiger partial charge in [0.05, 0.1) is 5.39 Å². The summed E-state index contributed by atoms with van der Waals surface area (Å²) in [5, 5.41) is 9.74. The summed E-state index contributed by atoms with van der Waals surface area (Å²) in [6.45, 7) is 4.37. The molecule has 0 aliphatic rings. The Labute approximate surface area is 172 Å². The average molecular weight is 413 g/mol. The Morgan fingerprint density at radius 2 is 1.93 bits per heavy atom. The zero-order chi connectivity index (χ0) is 20.8. The fourth-order valence-corrected chi connectivity index (χ4v) is 3.59. The topological polar surface area (TPSA) is 90.3 Å². The molecule has 2 aromatic heterocycles. The molecule has 29 heavy (non-hydrogen) atoms. The molecule has 7 nitrogen and oxygen atoms in total. The summed E-state index contributed by atoms with van der Waals surface area (Å²) in [7, 11) is 0. The summed E-state index contributed by atoms with van der Waals surface area (Å²) >= 11 is 1.62. The number of rotatable bonds is 8. The normalized spacial score (nSPS) is 11.0. The zero-order valence-electron chi connectivity index (χ0n) is 16.4. The summed E-state index contributed by atoms with van der Waals surface area (Å²) in [4.78, 5) is 38.3. The van der Waals surface area contributed by atoms with Crippen LogP contribution in [0.15, 0.2) is 46.6 Å². The van der Waals surface area contributed by atoms with E-state index in [0.717, 1.165) is 6.42 Å². The standard InChI is InChI=1S/C21H23N3O4S/c1-14(2)12-24-20(26)17-8-4-3-7-16(17)19(23-24)21(27)28-13-18(25)22-10-9-15-6-5-11-29-15/h3-8,11,14H,9-10,12-13H2,1-2H3,(H,22,25). The first-order valence-electron chi connectivity index (χ1n) is 9.41. The van der Waals surface area contributed by atoms with Gasteiger partial charge in [0.25, 0.3) is 11.5 Å². The van der Waals surface area contributed by atoms with Crippen molar-refractivity contribution in [1.82, 2.24) is 15.1 Å². The lowest BCUT2D eigenvalue weighted by atomic mass is 10.1. The average Bonchev–Trinajstić information content (AvgIpc) is 3.21. The van der Waals surface area contributed by atoms with Crippen LogP contribution in [0.1, 0.15) is 29.2 Å². The van der Waals surface area contributed by atoms with Gasteiger partial charge < -0.3 is 10.1 Å². The number of hydrogen-bond acceptors (Lipinski definition) is 6. The Morgan fingerprint density at radius 3 is 2.62 bits per heavy atom. The summed E-state index contributed by atoms with van der Waals surface area (Å²) in [6, 6.07) is 10.7. The van der Waals surface area contributed by atoms with Crippen molar-refractivity contribution < 1.29 is 14.3 Å². The number of thiophene rings is 1. The third kappa shape index (κ3) is 5.29. The van der Waals surface area contributed by atoms with Crippen LogP contribution in [0.2, 0.25) is 0 Å². The number of carbonyl (C=O) groups excluding carboxylic acids is 2. The van der Waals surface area contributed by atoms with E-state index in [1.165, 1.54) is 9.56 Å². The summed E-state index contributed by atoms with van der Waals surface area (Å²) in [5.41, 5.74) is -0.218. The van der Waals surface area contributed by atoms with E-state index in [-0.39, 0.29) is 23.1 Å². The van der Waals surface area contributed by atoms with Gasteiger partial charge in [0.15, 0.2) is 12.3 Å². The van der Waals surface area contributed by atoms with Crippen molar-refractivity contribution in [3.8, 4) is 0 Å². The van der Waals surface area contributed by atoms with Crippen LogP contribution >= 0.6 is 11.3 Å². The van der Waals surface area contributed by atoms with E-state index in [0.29, 0.717) is 23.9 Å². The first-order valence-corrected chi connectivity index (χ1v) is 10.3. The van der Waals surface area contributed by atoms with Gasteiger partial charge in [-0.25, -0.2) is 9.48 Å². The molecule has 3 aromatic rings. The fourth-order valence-electron chi connectivity index (χ4n) is 2.89. The predicted molar refractivity (Wildman–Crippen MR) is 112 cm³/mol. The molecule has 0 bridgehead atoms. The third-order valence-corrected chi connectivity index (χ3v) is 5.14. The second kappa shape index (κ2) is 9.47. The Morgan fingerprint density at radius 1 is 1.17 bits per heavy atom. The van der Waals surface area contributed by atoms with Crippen LogP contribution in [-0.4, -0.2) is 34.8 Å². The van der Waals surface area contributed by atoms with Gasteiger partial charge >= 0.3 is 5.97 Å². The van der Waals surface area contributed by atoms with Crippen molar-refractivity contribution >= 4 is 34.0 Å². The lowest BCUT2D eigenvalue weighted by molar-refractivity contribution is -0.124. The van der Waals surface area contributed by atoms with Crippen LogP contribution in [0, 0.1) is 5.92 Å². The number of amides is 1. The molecule has 0 spiro atoms. The molecule has 1 N–H and O–H groups in total. The van der Waals surface area contributed by atoms with Crippen molar-refractivity contribution in [1.29, 1.82) is 0 Å². The Kier molecular flexibility index (Phi) is 6.77. The van der Waals surface area contributed by atoms with Crippen LogP contribution in [0.4, 0.5) is 0 Å². The molecule has 0 radical (unpaired) electrons. The van der Waals surface area contributed by atoms with Crippen LogP contribution in [0.5, 0.6) is 0 Å². The Hall–Kier alpha value is -3.00. The van der Waals surface area contributed by atoms with E-state index in [1.54, 1.807) is 35.6 Å². The smallest absolute Gasteiger partial charge is 0.359 e. The minimum absolute atomic E-state index is 0.0345. The highest BCUT2D eigenvalue weighted by Gasteiger charge is 2.19. The van der Waals surface area contributed by atoms with Crippen LogP contribution in [0.3, 0.4) is 0 Å². The molecule has 0 saturated carbocycles. The third-order valence-electron chi connectivity index (χ3n) is 4.21. The van der Waals surface area contributed by atoms with Crippen LogP contribution in [-0.2, 0) is 22.5 Å². The van der Waals surface area contributed by atoms with E-state index in [2.05, 4.69) is 10.4 Å². The van der Waals surface area contributed by atoms with E-state index in [9.17, 15) is 14.4 Å². The monoisotopic (exact) mass is 413 g/mol. The molecule has 152 valence electrons. The lowest BCUT2D eigenvalue weighted by Gasteiger charge is -2.12. The molecule has 0 unspecified atom stereocenters. The van der Waals surface area contributed by atoms with Gasteiger partial charge in [-0.2, -0.15) is 5.10 Å². The first-order chi connectivity index (χ1) is 14.0. The number of ether oxygens (including phenoxy) is 1. The maximum Gasteiger partial charge on any atom is 0.359 e. The number of hydrogen-bond donors (Lipinski definition) is 1. The van der Waals surface area contributed by atoms with Crippen molar-refractivity contribution in [3.05, 3.63) is 62.7 Å². The fraction of sp³-hybridized carbons (Fsp3) is 0.333. The summed E-state index contributed by atoms with van der Waals surface area (Å²) < 4.78 is 6.44. The summed E-state index contributed by atoms with van der Waals surface area (Å²) in [6.07, 6.45) is 0.726. The van der Waals surface area contributed by atoms with Gasteiger partial charge in [0.1, 0.15) is 0 Å². The Bertz CT molecular complexity index is 1060. The molecular weight excluding hydrogens is 390 g/mol. The number of aromatic nitrogens is 2. The van der Waals surface area contributed by atoms with Gasteiger partial charge in [-0.1, -0.05) is 38.1 Å². The molecule has 1 aromatic carbocycles. The predicted octanol–water partition coefficient (Wildman–Crippen LogP) is 2.63. The maximum absolute atomic E-state index is 12.6. The zero-order valence-corrected chi connectivity index (χ0v) is 17.2. The van der Waals surface area contributed by atoms with Gasteiger partial charge in [-0.3, -0.25) is 9.59 Å². The highest BCUT2D eigenvalue weighted by Crippen LogP contribution is 2.15. The SMILES string of the molecule is CC(C)Cn1nc(C(=O)OCC(=O)NCCc2cccs2)c2ccccc2c1=O.